The second kappa shape index (κ2) is 5.63. The van der Waals surface area contributed by atoms with Crippen LogP contribution >= 0.6 is 0 Å². The van der Waals surface area contributed by atoms with E-state index in [1.54, 1.807) is 7.11 Å². The largest absolute Gasteiger partial charge is 0.497 e. The lowest BCUT2D eigenvalue weighted by Gasteiger charge is -2.23. The number of nitrogens with two attached hydrogens (primary N) is 1. The standard InChI is InChI=1S/C15H21N3O2/c1-15(2,3)13(16)14-17-12(18-20-14)9-10-6-5-7-11(8-10)19-4/h5-8,13H,9,16H2,1-4H3/t13-/m1/s1. The minimum atomic E-state index is -0.269. The molecule has 0 saturated carbocycles. The van der Waals surface area contributed by atoms with E-state index in [0.29, 0.717) is 18.1 Å². The van der Waals surface area contributed by atoms with E-state index < -0.39 is 0 Å². The summed E-state index contributed by atoms with van der Waals surface area (Å²) in [5.41, 5.74) is 7.07. The molecular weight excluding hydrogens is 254 g/mol. The summed E-state index contributed by atoms with van der Waals surface area (Å²) in [7, 11) is 1.65. The molecule has 0 unspecified atom stereocenters. The van der Waals surface area contributed by atoms with Gasteiger partial charge in [0, 0.05) is 6.42 Å². The molecule has 5 heteroatoms. The van der Waals surface area contributed by atoms with Gasteiger partial charge in [-0.3, -0.25) is 0 Å². The van der Waals surface area contributed by atoms with Gasteiger partial charge >= 0.3 is 0 Å². The molecule has 2 aromatic rings. The van der Waals surface area contributed by atoms with E-state index in [4.69, 9.17) is 15.0 Å². The normalized spacial score (nSPS) is 13.2. The lowest BCUT2D eigenvalue weighted by atomic mass is 9.87. The maximum Gasteiger partial charge on any atom is 0.244 e. The second-order valence-corrected chi connectivity index (χ2v) is 5.92. The number of hydrogen-bond acceptors (Lipinski definition) is 5. The third-order valence-electron chi connectivity index (χ3n) is 3.18. The Morgan fingerprint density at radius 2 is 2.10 bits per heavy atom. The van der Waals surface area contributed by atoms with E-state index in [9.17, 15) is 0 Å². The molecule has 1 heterocycles. The van der Waals surface area contributed by atoms with Gasteiger partial charge in [0.05, 0.1) is 13.2 Å². The smallest absolute Gasteiger partial charge is 0.244 e. The molecule has 0 spiro atoms. The Balaban J connectivity index is 2.13. The summed E-state index contributed by atoms with van der Waals surface area (Å²) in [6.07, 6.45) is 0.595. The van der Waals surface area contributed by atoms with Crippen LogP contribution in [0, 0.1) is 5.41 Å². The summed E-state index contributed by atoms with van der Waals surface area (Å²) in [6, 6.07) is 7.53. The predicted octanol–water partition coefficient (Wildman–Crippen LogP) is 2.71. The predicted molar refractivity (Wildman–Crippen MR) is 76.5 cm³/mol. The van der Waals surface area contributed by atoms with Crippen LogP contribution in [0.3, 0.4) is 0 Å². The SMILES string of the molecule is COc1cccc(Cc2noc([C@@H](N)C(C)(C)C)n2)c1. The molecule has 5 nitrogen and oxygen atoms in total. The lowest BCUT2D eigenvalue weighted by molar-refractivity contribution is 0.252. The van der Waals surface area contributed by atoms with E-state index >= 15 is 0 Å². The van der Waals surface area contributed by atoms with Gasteiger partial charge in [-0.05, 0) is 23.1 Å². The summed E-state index contributed by atoms with van der Waals surface area (Å²) < 4.78 is 10.5. The zero-order chi connectivity index (χ0) is 14.8. The molecule has 1 atom stereocenters. The van der Waals surface area contributed by atoms with E-state index in [-0.39, 0.29) is 11.5 Å². The number of hydrogen-bond donors (Lipinski definition) is 1. The molecule has 0 bridgehead atoms. The zero-order valence-electron chi connectivity index (χ0n) is 12.4. The molecule has 0 saturated heterocycles. The van der Waals surface area contributed by atoms with Crippen molar-refractivity contribution in [3.05, 3.63) is 41.5 Å². The number of benzene rings is 1. The summed E-state index contributed by atoms with van der Waals surface area (Å²) in [5.74, 6) is 1.93. The molecule has 0 aliphatic carbocycles. The van der Waals surface area contributed by atoms with Crippen LogP contribution in [0.2, 0.25) is 0 Å². The first-order chi connectivity index (χ1) is 9.40. The fourth-order valence-corrected chi connectivity index (χ4v) is 1.80. The van der Waals surface area contributed by atoms with Gasteiger partial charge in [0.15, 0.2) is 5.82 Å². The van der Waals surface area contributed by atoms with Crippen molar-refractivity contribution in [1.29, 1.82) is 0 Å². The molecule has 2 rings (SSSR count). The summed E-state index contributed by atoms with van der Waals surface area (Å²) in [4.78, 5) is 4.38. The first-order valence-electron chi connectivity index (χ1n) is 6.61. The van der Waals surface area contributed by atoms with Gasteiger partial charge in [0.25, 0.3) is 0 Å². The molecule has 0 aliphatic rings. The van der Waals surface area contributed by atoms with Crippen molar-refractivity contribution >= 4 is 0 Å². The highest BCUT2D eigenvalue weighted by Gasteiger charge is 2.27. The molecule has 0 radical (unpaired) electrons. The topological polar surface area (TPSA) is 74.2 Å². The summed E-state index contributed by atoms with van der Waals surface area (Å²) in [5, 5.41) is 3.99. The molecule has 0 fully saturated rings. The van der Waals surface area contributed by atoms with Gasteiger partial charge in [0.1, 0.15) is 5.75 Å². The van der Waals surface area contributed by atoms with Gasteiger partial charge < -0.3 is 15.0 Å². The van der Waals surface area contributed by atoms with Crippen LogP contribution in [0.4, 0.5) is 0 Å². The van der Waals surface area contributed by atoms with Gasteiger partial charge in [-0.15, -0.1) is 0 Å². The second-order valence-electron chi connectivity index (χ2n) is 5.92. The molecule has 108 valence electrons. The quantitative estimate of drug-likeness (QED) is 0.928. The van der Waals surface area contributed by atoms with E-state index in [0.717, 1.165) is 11.3 Å². The highest BCUT2D eigenvalue weighted by atomic mass is 16.5. The van der Waals surface area contributed by atoms with Crippen LogP contribution in [0.25, 0.3) is 0 Å². The first kappa shape index (κ1) is 14.5. The molecule has 1 aromatic carbocycles. The highest BCUT2D eigenvalue weighted by Crippen LogP contribution is 2.29. The molecule has 1 aromatic heterocycles. The third-order valence-corrected chi connectivity index (χ3v) is 3.18. The van der Waals surface area contributed by atoms with Crippen molar-refractivity contribution in [3.8, 4) is 5.75 Å². The van der Waals surface area contributed by atoms with Crippen LogP contribution in [-0.2, 0) is 6.42 Å². The van der Waals surface area contributed by atoms with Crippen molar-refractivity contribution in [1.82, 2.24) is 10.1 Å². The molecule has 20 heavy (non-hydrogen) atoms. The number of rotatable bonds is 4. The van der Waals surface area contributed by atoms with E-state index in [1.165, 1.54) is 0 Å². The van der Waals surface area contributed by atoms with Crippen molar-refractivity contribution < 1.29 is 9.26 Å². The Bertz CT molecular complexity index is 572. The molecular formula is C15H21N3O2. The first-order valence-corrected chi connectivity index (χ1v) is 6.61. The van der Waals surface area contributed by atoms with Gasteiger partial charge in [-0.2, -0.15) is 4.98 Å². The number of ether oxygens (including phenoxy) is 1. The number of methoxy groups -OCH3 is 1. The minimum absolute atomic E-state index is 0.111. The Morgan fingerprint density at radius 3 is 2.75 bits per heavy atom. The van der Waals surface area contributed by atoms with E-state index in [2.05, 4.69) is 10.1 Å². The Hall–Kier alpha value is -1.88. The van der Waals surface area contributed by atoms with Gasteiger partial charge in [0.2, 0.25) is 5.89 Å². The van der Waals surface area contributed by atoms with Crippen LogP contribution in [0.5, 0.6) is 5.75 Å². The summed E-state index contributed by atoms with van der Waals surface area (Å²) >= 11 is 0. The van der Waals surface area contributed by atoms with Crippen molar-refractivity contribution in [3.63, 3.8) is 0 Å². The Kier molecular flexibility index (Phi) is 4.09. The number of nitrogens with zero attached hydrogens (tertiary/aromatic N) is 2. The molecule has 2 N–H and O–H groups in total. The van der Waals surface area contributed by atoms with Crippen molar-refractivity contribution in [2.75, 3.05) is 7.11 Å². The third kappa shape index (κ3) is 3.36. The maximum absolute atomic E-state index is 6.11. The Labute approximate surface area is 119 Å². The van der Waals surface area contributed by atoms with Crippen molar-refractivity contribution in [2.45, 2.75) is 33.2 Å². The van der Waals surface area contributed by atoms with Gasteiger partial charge in [-0.1, -0.05) is 38.1 Å². The van der Waals surface area contributed by atoms with Crippen LogP contribution in [0.15, 0.2) is 28.8 Å². The average molecular weight is 275 g/mol. The Morgan fingerprint density at radius 1 is 1.35 bits per heavy atom. The van der Waals surface area contributed by atoms with Crippen LogP contribution in [0.1, 0.15) is 44.1 Å². The summed E-state index contributed by atoms with van der Waals surface area (Å²) in [6.45, 7) is 6.14. The number of aromatic nitrogens is 2. The molecule has 0 aliphatic heterocycles. The maximum atomic E-state index is 6.11. The zero-order valence-corrected chi connectivity index (χ0v) is 12.4. The highest BCUT2D eigenvalue weighted by molar-refractivity contribution is 5.30. The minimum Gasteiger partial charge on any atom is -0.497 e. The average Bonchev–Trinajstić information content (AvgIpc) is 2.85. The van der Waals surface area contributed by atoms with Crippen molar-refractivity contribution in [2.24, 2.45) is 11.1 Å². The fourth-order valence-electron chi connectivity index (χ4n) is 1.80. The van der Waals surface area contributed by atoms with E-state index in [1.807, 2.05) is 45.0 Å². The fraction of sp³-hybridized carbons (Fsp3) is 0.467. The van der Waals surface area contributed by atoms with Crippen LogP contribution < -0.4 is 10.5 Å². The lowest BCUT2D eigenvalue weighted by Crippen LogP contribution is -2.26. The van der Waals surface area contributed by atoms with Crippen LogP contribution in [-0.4, -0.2) is 17.3 Å². The van der Waals surface area contributed by atoms with Gasteiger partial charge in [-0.25, -0.2) is 0 Å². The monoisotopic (exact) mass is 275 g/mol. The molecule has 0 amide bonds.